The molecule has 3 nitrogen and oxygen atoms in total. The van der Waals surface area contributed by atoms with Crippen molar-refractivity contribution in [2.24, 2.45) is 5.92 Å². The first-order chi connectivity index (χ1) is 8.47. The van der Waals surface area contributed by atoms with Crippen LogP contribution in [0.3, 0.4) is 0 Å². The molecule has 0 aliphatic rings. The van der Waals surface area contributed by atoms with Gasteiger partial charge in [-0.3, -0.25) is 4.79 Å². The van der Waals surface area contributed by atoms with Crippen LogP contribution in [0.15, 0.2) is 24.3 Å². The topological polar surface area (TPSA) is 33.5 Å². The molecule has 0 heterocycles. The van der Waals surface area contributed by atoms with Gasteiger partial charge in [0.15, 0.2) is 0 Å². The minimum Gasteiger partial charge on any atom is -0.355 e. The van der Waals surface area contributed by atoms with Crippen molar-refractivity contribution in [2.75, 3.05) is 27.2 Å². The van der Waals surface area contributed by atoms with E-state index in [9.17, 15) is 4.79 Å². The Morgan fingerprint density at radius 1 is 1.33 bits per heavy atom. The predicted molar refractivity (Wildman–Crippen MR) is 75.0 cm³/mol. The zero-order valence-electron chi connectivity index (χ0n) is 11.3. The molecule has 100 valence electrons. The number of halogens is 1. The van der Waals surface area contributed by atoms with Crippen LogP contribution < -0.4 is 10.2 Å². The fourth-order valence-electron chi connectivity index (χ4n) is 1.91. The second-order valence-corrected chi connectivity index (χ2v) is 5.56. The lowest BCUT2D eigenvalue weighted by molar-refractivity contribution is -0.861. The van der Waals surface area contributed by atoms with E-state index in [2.05, 4.69) is 26.3 Å². The standard InChI is InChI=1S/C14H21ClN2O/c1-11(10-17(2)3)9-16-14(18)8-12-4-6-13(15)7-5-12/h4-7,11H,8-10H2,1-3H3,(H,16,18)/p+1/t11-/m0/s1. The van der Waals surface area contributed by atoms with Crippen molar-refractivity contribution < 1.29 is 9.69 Å². The van der Waals surface area contributed by atoms with Gasteiger partial charge in [0.1, 0.15) is 0 Å². The Balaban J connectivity index is 2.31. The molecule has 0 aliphatic carbocycles. The summed E-state index contributed by atoms with van der Waals surface area (Å²) in [5.41, 5.74) is 0.989. The molecule has 0 radical (unpaired) electrons. The second kappa shape index (κ2) is 7.39. The Labute approximate surface area is 114 Å². The lowest BCUT2D eigenvalue weighted by Crippen LogP contribution is -3.06. The van der Waals surface area contributed by atoms with Gasteiger partial charge in [-0.2, -0.15) is 0 Å². The monoisotopic (exact) mass is 269 g/mol. The maximum atomic E-state index is 11.7. The van der Waals surface area contributed by atoms with Crippen LogP contribution in [0.4, 0.5) is 0 Å². The average molecular weight is 270 g/mol. The summed E-state index contributed by atoms with van der Waals surface area (Å²) in [6.45, 7) is 3.94. The summed E-state index contributed by atoms with van der Waals surface area (Å²) in [5.74, 6) is 0.557. The first-order valence-electron chi connectivity index (χ1n) is 6.27. The Morgan fingerprint density at radius 3 is 2.50 bits per heavy atom. The van der Waals surface area contributed by atoms with E-state index >= 15 is 0 Å². The minimum absolute atomic E-state index is 0.0675. The molecule has 1 atom stereocenters. The highest BCUT2D eigenvalue weighted by Gasteiger charge is 2.09. The van der Waals surface area contributed by atoms with Crippen LogP contribution in [0.25, 0.3) is 0 Å². The minimum atomic E-state index is 0.0675. The molecule has 4 heteroatoms. The van der Waals surface area contributed by atoms with E-state index in [0.717, 1.165) is 18.7 Å². The molecule has 1 aromatic carbocycles. The molecule has 1 amide bonds. The van der Waals surface area contributed by atoms with E-state index in [1.54, 1.807) is 0 Å². The molecule has 1 rings (SSSR count). The van der Waals surface area contributed by atoms with Crippen molar-refractivity contribution in [3.63, 3.8) is 0 Å². The van der Waals surface area contributed by atoms with E-state index in [1.807, 2.05) is 24.3 Å². The van der Waals surface area contributed by atoms with Gasteiger partial charge in [-0.1, -0.05) is 30.7 Å². The van der Waals surface area contributed by atoms with E-state index in [1.165, 1.54) is 4.90 Å². The zero-order chi connectivity index (χ0) is 13.5. The highest BCUT2D eigenvalue weighted by atomic mass is 35.5. The first-order valence-corrected chi connectivity index (χ1v) is 6.65. The molecule has 0 unspecified atom stereocenters. The van der Waals surface area contributed by atoms with Crippen molar-refractivity contribution in [2.45, 2.75) is 13.3 Å². The van der Waals surface area contributed by atoms with Crippen molar-refractivity contribution in [1.29, 1.82) is 0 Å². The van der Waals surface area contributed by atoms with Crippen LogP contribution in [0.5, 0.6) is 0 Å². The van der Waals surface area contributed by atoms with E-state index in [0.29, 0.717) is 17.4 Å². The number of amides is 1. The number of nitrogens with one attached hydrogen (secondary N) is 2. The Kier molecular flexibility index (Phi) is 6.16. The quantitative estimate of drug-likeness (QED) is 0.786. The molecular formula is C14H22ClN2O+. The van der Waals surface area contributed by atoms with E-state index in [-0.39, 0.29) is 5.91 Å². The maximum Gasteiger partial charge on any atom is 0.224 e. The third-order valence-electron chi connectivity index (χ3n) is 2.68. The summed E-state index contributed by atoms with van der Waals surface area (Å²) in [7, 11) is 4.23. The Morgan fingerprint density at radius 2 is 1.94 bits per heavy atom. The molecule has 1 aromatic rings. The van der Waals surface area contributed by atoms with E-state index in [4.69, 9.17) is 11.6 Å². The lowest BCUT2D eigenvalue weighted by atomic mass is 10.1. The molecule has 0 saturated heterocycles. The highest BCUT2D eigenvalue weighted by Crippen LogP contribution is 2.09. The van der Waals surface area contributed by atoms with Crippen LogP contribution in [0.1, 0.15) is 12.5 Å². The van der Waals surface area contributed by atoms with Gasteiger partial charge in [-0.05, 0) is 17.7 Å². The molecule has 2 N–H and O–H groups in total. The summed E-state index contributed by atoms with van der Waals surface area (Å²) in [6.07, 6.45) is 0.415. The first kappa shape index (κ1) is 15.0. The van der Waals surface area contributed by atoms with Gasteiger partial charge in [-0.15, -0.1) is 0 Å². The maximum absolute atomic E-state index is 11.7. The third kappa shape index (κ3) is 6.03. The van der Waals surface area contributed by atoms with Crippen LogP contribution in [0, 0.1) is 5.92 Å². The Hall–Kier alpha value is -1.06. The predicted octanol–water partition coefficient (Wildman–Crippen LogP) is 0.779. The molecule has 0 spiro atoms. The van der Waals surface area contributed by atoms with Crippen molar-refractivity contribution >= 4 is 17.5 Å². The largest absolute Gasteiger partial charge is 0.355 e. The van der Waals surface area contributed by atoms with Crippen molar-refractivity contribution in [3.05, 3.63) is 34.9 Å². The van der Waals surface area contributed by atoms with Gasteiger partial charge in [0.2, 0.25) is 5.91 Å². The highest BCUT2D eigenvalue weighted by molar-refractivity contribution is 6.30. The lowest BCUT2D eigenvalue weighted by Gasteiger charge is -2.15. The summed E-state index contributed by atoms with van der Waals surface area (Å²) in [5, 5.41) is 3.66. The molecule has 0 aromatic heterocycles. The number of benzene rings is 1. The molecule has 0 bridgehead atoms. The number of carbonyl (C=O) groups is 1. The second-order valence-electron chi connectivity index (χ2n) is 5.12. The fraction of sp³-hybridized carbons (Fsp3) is 0.500. The van der Waals surface area contributed by atoms with Crippen LogP contribution in [-0.4, -0.2) is 33.1 Å². The Bertz CT molecular complexity index is 376. The van der Waals surface area contributed by atoms with Gasteiger partial charge in [0, 0.05) is 17.5 Å². The SMILES string of the molecule is C[C@@H](CNC(=O)Cc1ccc(Cl)cc1)C[NH+](C)C. The van der Waals surface area contributed by atoms with Gasteiger partial charge >= 0.3 is 0 Å². The molecule has 0 saturated carbocycles. The van der Waals surface area contributed by atoms with Gasteiger partial charge in [0.25, 0.3) is 0 Å². The zero-order valence-corrected chi connectivity index (χ0v) is 12.1. The number of carbonyl (C=O) groups excluding carboxylic acids is 1. The van der Waals surface area contributed by atoms with Crippen LogP contribution in [0.2, 0.25) is 5.02 Å². The smallest absolute Gasteiger partial charge is 0.224 e. The van der Waals surface area contributed by atoms with Gasteiger partial charge in [0.05, 0.1) is 27.1 Å². The molecular weight excluding hydrogens is 248 g/mol. The van der Waals surface area contributed by atoms with E-state index < -0.39 is 0 Å². The van der Waals surface area contributed by atoms with Gasteiger partial charge in [-0.25, -0.2) is 0 Å². The molecule has 0 aliphatic heterocycles. The number of rotatable bonds is 6. The average Bonchev–Trinajstić information content (AvgIpc) is 2.29. The fourth-order valence-corrected chi connectivity index (χ4v) is 2.03. The summed E-state index contributed by atoms with van der Waals surface area (Å²) >= 11 is 5.80. The van der Waals surface area contributed by atoms with Crippen LogP contribution >= 0.6 is 11.6 Å². The number of quaternary nitrogens is 1. The van der Waals surface area contributed by atoms with Crippen molar-refractivity contribution in [3.8, 4) is 0 Å². The van der Waals surface area contributed by atoms with Gasteiger partial charge < -0.3 is 10.2 Å². The molecule has 18 heavy (non-hydrogen) atoms. The van der Waals surface area contributed by atoms with Crippen LogP contribution in [-0.2, 0) is 11.2 Å². The summed E-state index contributed by atoms with van der Waals surface area (Å²) in [4.78, 5) is 13.1. The number of hydrogen-bond acceptors (Lipinski definition) is 1. The third-order valence-corrected chi connectivity index (χ3v) is 2.93. The molecule has 0 fully saturated rings. The van der Waals surface area contributed by atoms with Crippen molar-refractivity contribution in [1.82, 2.24) is 5.32 Å². The normalized spacial score (nSPS) is 12.5. The summed E-state index contributed by atoms with van der Waals surface area (Å²) < 4.78 is 0. The number of hydrogen-bond donors (Lipinski definition) is 2. The summed E-state index contributed by atoms with van der Waals surface area (Å²) in [6, 6.07) is 7.38.